The number of ether oxygens (including phenoxy) is 1. The van der Waals surface area contributed by atoms with Gasteiger partial charge in [0.1, 0.15) is 5.75 Å². The third-order valence-corrected chi connectivity index (χ3v) is 5.59. The number of rotatable bonds is 7. The molecule has 0 saturated heterocycles. The molecule has 0 bridgehead atoms. The zero-order valence-corrected chi connectivity index (χ0v) is 16.7. The predicted molar refractivity (Wildman–Crippen MR) is 112 cm³/mol. The van der Waals surface area contributed by atoms with Crippen molar-refractivity contribution < 1.29 is 9.53 Å². The molecule has 0 aromatic heterocycles. The van der Waals surface area contributed by atoms with E-state index in [0.717, 1.165) is 37.4 Å². The number of para-hydroxylation sites is 1. The first kappa shape index (κ1) is 19.8. The molecule has 1 N–H and O–H groups in total. The molecule has 1 fully saturated rings. The number of carbonyl (C=O) groups is 1. The van der Waals surface area contributed by atoms with Crippen molar-refractivity contribution in [3.63, 3.8) is 0 Å². The second kappa shape index (κ2) is 9.80. The maximum Gasteiger partial charge on any atom is 0.227 e. The van der Waals surface area contributed by atoms with E-state index in [9.17, 15) is 4.79 Å². The summed E-state index contributed by atoms with van der Waals surface area (Å²) in [4.78, 5) is 12.8. The minimum atomic E-state index is 0.0733. The van der Waals surface area contributed by atoms with Crippen LogP contribution in [0.1, 0.15) is 51.9 Å². The van der Waals surface area contributed by atoms with Crippen LogP contribution in [0.15, 0.2) is 48.5 Å². The van der Waals surface area contributed by atoms with Gasteiger partial charge in [-0.05, 0) is 61.9 Å². The van der Waals surface area contributed by atoms with Gasteiger partial charge in [-0.25, -0.2) is 0 Å². The minimum absolute atomic E-state index is 0.0733. The summed E-state index contributed by atoms with van der Waals surface area (Å²) in [7, 11) is 0. The Kier molecular flexibility index (Phi) is 7.17. The Morgan fingerprint density at radius 2 is 1.85 bits per heavy atom. The molecule has 0 radical (unpaired) electrons. The van der Waals surface area contributed by atoms with Gasteiger partial charge in [0.05, 0.1) is 5.69 Å². The van der Waals surface area contributed by atoms with Crippen LogP contribution in [0.3, 0.4) is 0 Å². The number of hydrogen-bond acceptors (Lipinski definition) is 2. The van der Waals surface area contributed by atoms with Gasteiger partial charge in [-0.1, -0.05) is 56.0 Å². The second-order valence-corrected chi connectivity index (χ2v) is 7.84. The zero-order valence-electron chi connectivity index (χ0n) is 15.9. The van der Waals surface area contributed by atoms with E-state index in [0.29, 0.717) is 16.5 Å². The molecule has 1 amide bonds. The first-order chi connectivity index (χ1) is 13.2. The van der Waals surface area contributed by atoms with Crippen LogP contribution >= 0.6 is 11.6 Å². The van der Waals surface area contributed by atoms with Crippen LogP contribution in [-0.4, -0.2) is 5.91 Å². The molecule has 0 heterocycles. The Morgan fingerprint density at radius 3 is 2.56 bits per heavy atom. The van der Waals surface area contributed by atoms with Crippen LogP contribution < -0.4 is 10.1 Å². The lowest BCUT2D eigenvalue weighted by Gasteiger charge is -2.28. The van der Waals surface area contributed by atoms with Crippen LogP contribution in [0.25, 0.3) is 0 Å². The van der Waals surface area contributed by atoms with Gasteiger partial charge >= 0.3 is 0 Å². The number of amides is 1. The molecule has 1 saturated carbocycles. The number of carbonyl (C=O) groups excluding carboxylic acids is 1. The number of halogens is 1. The largest absolute Gasteiger partial charge is 0.455 e. The summed E-state index contributed by atoms with van der Waals surface area (Å²) in [6.07, 6.45) is 8.09. The van der Waals surface area contributed by atoms with Crippen molar-refractivity contribution in [3.05, 3.63) is 53.6 Å². The maximum atomic E-state index is 12.8. The van der Waals surface area contributed by atoms with Crippen molar-refractivity contribution in [2.75, 3.05) is 5.32 Å². The zero-order chi connectivity index (χ0) is 19.1. The van der Waals surface area contributed by atoms with E-state index < -0.39 is 0 Å². The SMILES string of the molecule is CCCCC1CCC(C(=O)Nc2cc(Cl)ccc2Oc2ccccc2)CC1. The van der Waals surface area contributed by atoms with Gasteiger partial charge in [0.2, 0.25) is 5.91 Å². The molecule has 0 aliphatic heterocycles. The molecule has 144 valence electrons. The maximum absolute atomic E-state index is 12.8. The normalized spacial score (nSPS) is 19.5. The van der Waals surface area contributed by atoms with Crippen LogP contribution in [0, 0.1) is 11.8 Å². The molecule has 27 heavy (non-hydrogen) atoms. The Hall–Kier alpha value is -2.00. The Balaban J connectivity index is 1.63. The Labute approximate surface area is 167 Å². The van der Waals surface area contributed by atoms with Crippen molar-refractivity contribution in [3.8, 4) is 11.5 Å². The standard InChI is InChI=1S/C23H28ClNO2/c1-2-3-7-17-10-12-18(13-11-17)23(26)25-21-16-19(24)14-15-22(21)27-20-8-5-4-6-9-20/h4-6,8-9,14-18H,2-3,7,10-13H2,1H3,(H,25,26). The summed E-state index contributed by atoms with van der Waals surface area (Å²) in [5, 5.41) is 3.63. The number of hydrogen-bond donors (Lipinski definition) is 1. The van der Waals surface area contributed by atoms with Crippen LogP contribution in [0.4, 0.5) is 5.69 Å². The average molecular weight is 386 g/mol. The van der Waals surface area contributed by atoms with Crippen molar-refractivity contribution in [2.24, 2.45) is 11.8 Å². The Morgan fingerprint density at radius 1 is 1.11 bits per heavy atom. The van der Waals surface area contributed by atoms with E-state index in [1.54, 1.807) is 18.2 Å². The van der Waals surface area contributed by atoms with Gasteiger partial charge in [-0.15, -0.1) is 0 Å². The fourth-order valence-corrected chi connectivity index (χ4v) is 3.92. The van der Waals surface area contributed by atoms with E-state index in [1.165, 1.54) is 19.3 Å². The molecule has 3 nitrogen and oxygen atoms in total. The third-order valence-electron chi connectivity index (χ3n) is 5.35. The van der Waals surface area contributed by atoms with Crippen LogP contribution in [-0.2, 0) is 4.79 Å². The molecular formula is C23H28ClNO2. The third kappa shape index (κ3) is 5.74. The van der Waals surface area contributed by atoms with Gasteiger partial charge in [0.15, 0.2) is 5.75 Å². The van der Waals surface area contributed by atoms with E-state index in [1.807, 2.05) is 30.3 Å². The molecule has 2 aromatic carbocycles. The van der Waals surface area contributed by atoms with E-state index >= 15 is 0 Å². The van der Waals surface area contributed by atoms with Gasteiger partial charge < -0.3 is 10.1 Å². The van der Waals surface area contributed by atoms with E-state index in [4.69, 9.17) is 16.3 Å². The topological polar surface area (TPSA) is 38.3 Å². The van der Waals surface area contributed by atoms with E-state index in [2.05, 4.69) is 12.2 Å². The Bertz CT molecular complexity index is 739. The molecular weight excluding hydrogens is 358 g/mol. The molecule has 0 spiro atoms. The quantitative estimate of drug-likeness (QED) is 0.553. The molecule has 0 atom stereocenters. The molecule has 4 heteroatoms. The lowest BCUT2D eigenvalue weighted by molar-refractivity contribution is -0.121. The van der Waals surface area contributed by atoms with Gasteiger partial charge in [-0.2, -0.15) is 0 Å². The molecule has 0 unspecified atom stereocenters. The van der Waals surface area contributed by atoms with Gasteiger partial charge in [0, 0.05) is 10.9 Å². The summed E-state index contributed by atoms with van der Waals surface area (Å²) in [6, 6.07) is 14.9. The highest BCUT2D eigenvalue weighted by atomic mass is 35.5. The highest BCUT2D eigenvalue weighted by Gasteiger charge is 2.26. The minimum Gasteiger partial charge on any atom is -0.455 e. The molecule has 1 aliphatic rings. The van der Waals surface area contributed by atoms with Gasteiger partial charge in [0.25, 0.3) is 0 Å². The summed E-state index contributed by atoms with van der Waals surface area (Å²) < 4.78 is 5.94. The number of unbranched alkanes of at least 4 members (excludes halogenated alkanes) is 1. The number of anilines is 1. The summed E-state index contributed by atoms with van der Waals surface area (Å²) in [5.74, 6) is 2.27. The van der Waals surface area contributed by atoms with Crippen LogP contribution in [0.2, 0.25) is 5.02 Å². The fourth-order valence-electron chi connectivity index (χ4n) is 3.75. The van der Waals surface area contributed by atoms with Crippen LogP contribution in [0.5, 0.6) is 11.5 Å². The number of nitrogens with one attached hydrogen (secondary N) is 1. The van der Waals surface area contributed by atoms with Crippen molar-refractivity contribution in [1.82, 2.24) is 0 Å². The summed E-state index contributed by atoms with van der Waals surface area (Å²) in [6.45, 7) is 2.24. The van der Waals surface area contributed by atoms with E-state index in [-0.39, 0.29) is 11.8 Å². The lowest BCUT2D eigenvalue weighted by atomic mass is 9.79. The summed E-state index contributed by atoms with van der Waals surface area (Å²) >= 11 is 6.15. The summed E-state index contributed by atoms with van der Waals surface area (Å²) in [5.41, 5.74) is 0.629. The second-order valence-electron chi connectivity index (χ2n) is 7.40. The molecule has 1 aliphatic carbocycles. The first-order valence-corrected chi connectivity index (χ1v) is 10.4. The first-order valence-electron chi connectivity index (χ1n) is 9.99. The smallest absolute Gasteiger partial charge is 0.227 e. The van der Waals surface area contributed by atoms with Crippen molar-refractivity contribution in [1.29, 1.82) is 0 Å². The molecule has 2 aromatic rings. The highest BCUT2D eigenvalue weighted by molar-refractivity contribution is 6.31. The molecule has 3 rings (SSSR count). The van der Waals surface area contributed by atoms with Crippen molar-refractivity contribution >= 4 is 23.2 Å². The van der Waals surface area contributed by atoms with Crippen molar-refractivity contribution in [2.45, 2.75) is 51.9 Å². The van der Waals surface area contributed by atoms with Gasteiger partial charge in [-0.3, -0.25) is 4.79 Å². The predicted octanol–water partition coefficient (Wildman–Crippen LogP) is 7.07. The monoisotopic (exact) mass is 385 g/mol. The lowest BCUT2D eigenvalue weighted by Crippen LogP contribution is -2.27. The fraction of sp³-hybridized carbons (Fsp3) is 0.435. The highest BCUT2D eigenvalue weighted by Crippen LogP contribution is 2.35. The number of benzene rings is 2. The average Bonchev–Trinajstić information content (AvgIpc) is 2.69.